The Kier molecular flexibility index (Phi) is 4.66. The number of carbonyl (C=O) groups is 1. The van der Waals surface area contributed by atoms with Crippen LogP contribution in [0.1, 0.15) is 16.2 Å². The van der Waals surface area contributed by atoms with Crippen LogP contribution >= 0.6 is 11.6 Å². The van der Waals surface area contributed by atoms with Crippen LogP contribution in [0.2, 0.25) is 5.02 Å². The van der Waals surface area contributed by atoms with E-state index in [0.29, 0.717) is 5.82 Å². The van der Waals surface area contributed by atoms with Crippen LogP contribution in [-0.4, -0.2) is 31.0 Å². The van der Waals surface area contributed by atoms with Gasteiger partial charge in [-0.05, 0) is 34.7 Å². The fourth-order valence-electron chi connectivity index (χ4n) is 2.19. The summed E-state index contributed by atoms with van der Waals surface area (Å²) in [6.07, 6.45) is 0. The van der Waals surface area contributed by atoms with Gasteiger partial charge in [-0.25, -0.2) is 0 Å². The van der Waals surface area contributed by atoms with Gasteiger partial charge in [0.15, 0.2) is 5.82 Å². The van der Waals surface area contributed by atoms with Crippen molar-refractivity contribution in [3.05, 3.63) is 75.1 Å². The first-order valence-corrected chi connectivity index (χ1v) is 7.49. The molecule has 1 N–H and O–H groups in total. The molecule has 1 heterocycles. The predicted octanol–water partition coefficient (Wildman–Crippen LogP) is 2.15. The number of nitrogens with one attached hydrogen (secondary N) is 1. The van der Waals surface area contributed by atoms with Crippen LogP contribution in [-0.2, 0) is 6.54 Å². The molecule has 126 valence electrons. The molecule has 0 saturated heterocycles. The molecular formula is C15H11ClN6O3. The molecule has 0 aliphatic carbocycles. The highest BCUT2D eigenvalue weighted by Crippen LogP contribution is 2.22. The van der Waals surface area contributed by atoms with Crippen LogP contribution in [0.15, 0.2) is 48.5 Å². The zero-order valence-electron chi connectivity index (χ0n) is 12.7. The van der Waals surface area contributed by atoms with Crippen LogP contribution in [0, 0.1) is 10.1 Å². The molecule has 10 heteroatoms. The van der Waals surface area contributed by atoms with Crippen molar-refractivity contribution in [1.82, 2.24) is 25.5 Å². The van der Waals surface area contributed by atoms with E-state index in [1.165, 1.54) is 22.9 Å². The van der Waals surface area contributed by atoms with Crippen molar-refractivity contribution in [2.45, 2.75) is 6.54 Å². The van der Waals surface area contributed by atoms with E-state index in [0.717, 1.165) is 5.69 Å². The summed E-state index contributed by atoms with van der Waals surface area (Å²) in [5.41, 5.74) is 0.270. The van der Waals surface area contributed by atoms with E-state index < -0.39 is 10.8 Å². The average molecular weight is 359 g/mol. The highest BCUT2D eigenvalue weighted by atomic mass is 35.5. The third-order valence-corrected chi connectivity index (χ3v) is 3.58. The van der Waals surface area contributed by atoms with Crippen LogP contribution in [0.3, 0.4) is 0 Å². The second-order valence-corrected chi connectivity index (χ2v) is 5.38. The lowest BCUT2D eigenvalue weighted by molar-refractivity contribution is -0.385. The molecule has 2 aromatic carbocycles. The zero-order valence-corrected chi connectivity index (χ0v) is 13.4. The van der Waals surface area contributed by atoms with Crippen molar-refractivity contribution in [1.29, 1.82) is 0 Å². The van der Waals surface area contributed by atoms with Gasteiger partial charge in [-0.2, -0.15) is 4.68 Å². The molecule has 0 atom stereocenters. The minimum absolute atomic E-state index is 0.00953. The van der Waals surface area contributed by atoms with E-state index in [4.69, 9.17) is 11.6 Å². The van der Waals surface area contributed by atoms with Crippen LogP contribution in [0.25, 0.3) is 5.69 Å². The first-order chi connectivity index (χ1) is 12.1. The normalized spacial score (nSPS) is 10.4. The van der Waals surface area contributed by atoms with Crippen molar-refractivity contribution >= 4 is 23.2 Å². The topological polar surface area (TPSA) is 116 Å². The second kappa shape index (κ2) is 7.05. The largest absolute Gasteiger partial charge is 0.344 e. The maximum absolute atomic E-state index is 12.3. The van der Waals surface area contributed by atoms with E-state index in [-0.39, 0.29) is 22.8 Å². The van der Waals surface area contributed by atoms with Gasteiger partial charge >= 0.3 is 0 Å². The maximum Gasteiger partial charge on any atom is 0.282 e. The maximum atomic E-state index is 12.3. The number of hydrogen-bond donors (Lipinski definition) is 1. The lowest BCUT2D eigenvalue weighted by atomic mass is 10.1. The minimum atomic E-state index is -0.642. The Hall–Kier alpha value is -3.33. The number of amides is 1. The summed E-state index contributed by atoms with van der Waals surface area (Å²) in [4.78, 5) is 22.7. The molecule has 0 aliphatic rings. The van der Waals surface area contributed by atoms with Gasteiger partial charge in [0.1, 0.15) is 5.56 Å². The fourth-order valence-corrected chi connectivity index (χ4v) is 2.36. The molecule has 0 spiro atoms. The number of rotatable bonds is 5. The predicted molar refractivity (Wildman–Crippen MR) is 88.4 cm³/mol. The van der Waals surface area contributed by atoms with Gasteiger partial charge in [0.2, 0.25) is 0 Å². The number of nitro groups is 1. The summed E-state index contributed by atoms with van der Waals surface area (Å²) in [7, 11) is 0. The Balaban J connectivity index is 1.80. The molecule has 3 aromatic rings. The average Bonchev–Trinajstić information content (AvgIpc) is 3.08. The van der Waals surface area contributed by atoms with Crippen LogP contribution in [0.4, 0.5) is 5.69 Å². The van der Waals surface area contributed by atoms with E-state index in [2.05, 4.69) is 20.8 Å². The summed E-state index contributed by atoms with van der Waals surface area (Å²) in [6.45, 7) is -0.00953. The van der Waals surface area contributed by atoms with E-state index >= 15 is 0 Å². The fraction of sp³-hybridized carbons (Fsp3) is 0.0667. The SMILES string of the molecule is O=C(NCc1nnnn1-c1ccccc1)c1cc(Cl)ccc1[N+](=O)[O-]. The number of tetrazole rings is 1. The molecule has 1 aromatic heterocycles. The minimum Gasteiger partial charge on any atom is -0.344 e. The number of hydrogen-bond acceptors (Lipinski definition) is 6. The first-order valence-electron chi connectivity index (χ1n) is 7.11. The molecule has 25 heavy (non-hydrogen) atoms. The lowest BCUT2D eigenvalue weighted by Crippen LogP contribution is -2.25. The van der Waals surface area contributed by atoms with Crippen molar-refractivity contribution in [3.8, 4) is 5.69 Å². The number of benzene rings is 2. The number of aromatic nitrogens is 4. The van der Waals surface area contributed by atoms with Gasteiger partial charge in [0.25, 0.3) is 11.6 Å². The molecule has 3 rings (SSSR count). The molecule has 0 fully saturated rings. The van der Waals surface area contributed by atoms with Crippen LogP contribution in [0.5, 0.6) is 0 Å². The van der Waals surface area contributed by atoms with Crippen LogP contribution < -0.4 is 5.32 Å². The summed E-state index contributed by atoms with van der Waals surface area (Å²) in [5, 5.41) is 25.2. The van der Waals surface area contributed by atoms with Gasteiger partial charge < -0.3 is 5.32 Å². The molecule has 0 saturated carbocycles. The molecule has 9 nitrogen and oxygen atoms in total. The first kappa shape index (κ1) is 16.5. The Labute approximate surface area is 146 Å². The van der Waals surface area contributed by atoms with Gasteiger partial charge in [-0.15, -0.1) is 5.10 Å². The summed E-state index contributed by atoms with van der Waals surface area (Å²) >= 11 is 5.83. The number of para-hydroxylation sites is 1. The highest BCUT2D eigenvalue weighted by molar-refractivity contribution is 6.31. The monoisotopic (exact) mass is 358 g/mol. The standard InChI is InChI=1S/C15H11ClN6O3/c16-10-6-7-13(22(24)25)12(8-10)15(23)17-9-14-18-19-20-21(14)11-4-2-1-3-5-11/h1-8H,9H2,(H,17,23). The quantitative estimate of drug-likeness (QED) is 0.551. The Morgan fingerprint density at radius 3 is 2.72 bits per heavy atom. The van der Waals surface area contributed by atoms with Crippen molar-refractivity contribution < 1.29 is 9.72 Å². The zero-order chi connectivity index (χ0) is 17.8. The number of halogens is 1. The Bertz CT molecular complexity index is 928. The van der Waals surface area contributed by atoms with E-state index in [9.17, 15) is 14.9 Å². The summed E-state index contributed by atoms with van der Waals surface area (Å²) in [6, 6.07) is 12.9. The Morgan fingerprint density at radius 2 is 2.00 bits per heavy atom. The second-order valence-electron chi connectivity index (χ2n) is 4.94. The molecule has 0 bridgehead atoms. The Morgan fingerprint density at radius 1 is 1.24 bits per heavy atom. The molecule has 0 aliphatic heterocycles. The third kappa shape index (κ3) is 3.61. The lowest BCUT2D eigenvalue weighted by Gasteiger charge is -2.07. The van der Waals surface area contributed by atoms with Gasteiger partial charge in [-0.1, -0.05) is 29.8 Å². The molecule has 0 radical (unpaired) electrons. The highest BCUT2D eigenvalue weighted by Gasteiger charge is 2.21. The smallest absolute Gasteiger partial charge is 0.282 e. The summed E-state index contributed by atoms with van der Waals surface area (Å²) in [5.74, 6) is -0.263. The third-order valence-electron chi connectivity index (χ3n) is 3.34. The van der Waals surface area contributed by atoms with Gasteiger partial charge in [-0.3, -0.25) is 14.9 Å². The number of nitrogens with zero attached hydrogens (tertiary/aromatic N) is 5. The van der Waals surface area contributed by atoms with Crippen molar-refractivity contribution in [2.24, 2.45) is 0 Å². The molecule has 1 amide bonds. The van der Waals surface area contributed by atoms with E-state index in [1.54, 1.807) is 0 Å². The number of nitro benzene ring substituents is 1. The van der Waals surface area contributed by atoms with Crippen molar-refractivity contribution in [3.63, 3.8) is 0 Å². The summed E-state index contributed by atoms with van der Waals surface area (Å²) < 4.78 is 1.46. The van der Waals surface area contributed by atoms with Gasteiger partial charge in [0.05, 0.1) is 17.2 Å². The molecule has 0 unspecified atom stereocenters. The molecular weight excluding hydrogens is 348 g/mol. The van der Waals surface area contributed by atoms with Gasteiger partial charge in [0, 0.05) is 11.1 Å². The number of carbonyl (C=O) groups excluding carboxylic acids is 1. The van der Waals surface area contributed by atoms with E-state index in [1.807, 2.05) is 30.3 Å². The van der Waals surface area contributed by atoms with Crippen molar-refractivity contribution in [2.75, 3.05) is 0 Å².